The number of rotatable bonds is 4. The number of benzene rings is 1. The van der Waals surface area contributed by atoms with Gasteiger partial charge in [0.25, 0.3) is 0 Å². The van der Waals surface area contributed by atoms with E-state index in [9.17, 15) is 0 Å². The minimum Gasteiger partial charge on any atom is -0.397 e. The molecule has 0 radical (unpaired) electrons. The molecule has 3 N–H and O–H groups in total. The summed E-state index contributed by atoms with van der Waals surface area (Å²) in [5.41, 5.74) is 10.2. The second-order valence-electron chi connectivity index (χ2n) is 4.45. The van der Waals surface area contributed by atoms with Crippen LogP contribution >= 0.6 is 22.7 Å². The number of nitrogen functional groups attached to an aromatic ring is 1. The Labute approximate surface area is 120 Å². The normalized spacial score (nSPS) is 11.0. The van der Waals surface area contributed by atoms with E-state index in [-0.39, 0.29) is 0 Å². The third-order valence-corrected chi connectivity index (χ3v) is 4.64. The van der Waals surface area contributed by atoms with Crippen LogP contribution in [0.5, 0.6) is 0 Å². The minimum absolute atomic E-state index is 0.793. The lowest BCUT2D eigenvalue weighted by Gasteiger charge is -2.08. The Morgan fingerprint density at radius 3 is 3.05 bits per heavy atom. The fraction of sp³-hybridized carbons (Fsp3) is 0.214. The molecule has 0 atom stereocenters. The van der Waals surface area contributed by atoms with Crippen molar-refractivity contribution in [2.75, 3.05) is 17.6 Å². The van der Waals surface area contributed by atoms with Gasteiger partial charge in [0.15, 0.2) is 0 Å². The highest BCUT2D eigenvalue weighted by Crippen LogP contribution is 2.29. The van der Waals surface area contributed by atoms with Crippen LogP contribution in [0.15, 0.2) is 29.0 Å². The van der Waals surface area contributed by atoms with Crippen LogP contribution in [0.3, 0.4) is 0 Å². The lowest BCUT2D eigenvalue weighted by molar-refractivity contribution is 1.03. The molecule has 0 aliphatic carbocycles. The van der Waals surface area contributed by atoms with Gasteiger partial charge in [-0.05, 0) is 47.9 Å². The first-order valence-corrected chi connectivity index (χ1v) is 7.90. The summed E-state index contributed by atoms with van der Waals surface area (Å²) < 4.78 is 1.15. The van der Waals surface area contributed by atoms with Crippen LogP contribution in [0, 0.1) is 6.92 Å². The molecule has 0 saturated carbocycles. The number of hydrogen-bond acceptors (Lipinski definition) is 5. The maximum atomic E-state index is 6.07. The van der Waals surface area contributed by atoms with Gasteiger partial charge in [0.05, 0.1) is 26.6 Å². The zero-order chi connectivity index (χ0) is 13.2. The Hall–Kier alpha value is -1.59. The zero-order valence-electron chi connectivity index (χ0n) is 10.6. The van der Waals surface area contributed by atoms with Gasteiger partial charge in [-0.15, -0.1) is 11.3 Å². The van der Waals surface area contributed by atoms with Crippen molar-refractivity contribution in [2.24, 2.45) is 0 Å². The Balaban J connectivity index is 1.74. The Morgan fingerprint density at radius 1 is 1.37 bits per heavy atom. The smallest absolute Gasteiger partial charge is 0.0907 e. The van der Waals surface area contributed by atoms with Crippen molar-refractivity contribution in [3.63, 3.8) is 0 Å². The fourth-order valence-electron chi connectivity index (χ4n) is 2.03. The van der Waals surface area contributed by atoms with E-state index in [0.717, 1.165) is 39.6 Å². The number of thiazole rings is 1. The second kappa shape index (κ2) is 5.19. The van der Waals surface area contributed by atoms with Gasteiger partial charge in [-0.3, -0.25) is 0 Å². The summed E-state index contributed by atoms with van der Waals surface area (Å²) in [5, 5.41) is 8.75. The van der Waals surface area contributed by atoms with Gasteiger partial charge in [-0.1, -0.05) is 0 Å². The van der Waals surface area contributed by atoms with Gasteiger partial charge >= 0.3 is 0 Å². The molecule has 0 spiro atoms. The molecule has 0 fully saturated rings. The van der Waals surface area contributed by atoms with E-state index >= 15 is 0 Å². The number of aryl methyl sites for hydroxylation is 1. The molecule has 3 rings (SSSR count). The molecule has 0 unspecified atom stereocenters. The summed E-state index contributed by atoms with van der Waals surface area (Å²) in [7, 11) is 0. The molecule has 98 valence electrons. The van der Waals surface area contributed by atoms with Crippen LogP contribution in [-0.2, 0) is 6.42 Å². The predicted molar refractivity (Wildman–Crippen MR) is 85.3 cm³/mol. The number of nitrogens with one attached hydrogen (secondary N) is 1. The summed E-state index contributed by atoms with van der Waals surface area (Å²) in [6.07, 6.45) is 1.01. The molecular formula is C14H15N3S2. The van der Waals surface area contributed by atoms with Gasteiger partial charge < -0.3 is 11.1 Å². The topological polar surface area (TPSA) is 50.9 Å². The first-order chi connectivity index (χ1) is 9.22. The number of hydrogen-bond donors (Lipinski definition) is 2. The van der Waals surface area contributed by atoms with Gasteiger partial charge in [-0.2, -0.15) is 11.3 Å². The predicted octanol–water partition coefficient (Wildman–Crippen LogP) is 3.90. The Bertz CT molecular complexity index is 686. The lowest BCUT2D eigenvalue weighted by Crippen LogP contribution is -2.06. The Morgan fingerprint density at radius 2 is 2.26 bits per heavy atom. The molecule has 2 aromatic heterocycles. The van der Waals surface area contributed by atoms with Gasteiger partial charge in [-0.25, -0.2) is 4.98 Å². The van der Waals surface area contributed by atoms with E-state index in [1.54, 1.807) is 22.7 Å². The standard InChI is InChI=1S/C14H15N3S2/c1-9-17-13-7-12(11(15)6-14(13)19-9)16-4-2-10-3-5-18-8-10/h3,5-8,16H,2,4,15H2,1H3. The highest BCUT2D eigenvalue weighted by molar-refractivity contribution is 7.18. The number of thiophene rings is 1. The van der Waals surface area contributed by atoms with Crippen LogP contribution in [0.25, 0.3) is 10.2 Å². The van der Waals surface area contributed by atoms with Crippen LogP contribution < -0.4 is 11.1 Å². The van der Waals surface area contributed by atoms with Crippen molar-refractivity contribution in [2.45, 2.75) is 13.3 Å². The lowest BCUT2D eigenvalue weighted by atomic mass is 10.2. The number of aromatic nitrogens is 1. The summed E-state index contributed by atoms with van der Waals surface area (Å²) in [5.74, 6) is 0. The van der Waals surface area contributed by atoms with Crippen molar-refractivity contribution in [1.29, 1.82) is 0 Å². The molecule has 3 aromatic rings. The molecule has 3 nitrogen and oxygen atoms in total. The van der Waals surface area contributed by atoms with Crippen molar-refractivity contribution >= 4 is 44.3 Å². The first kappa shape index (κ1) is 12.4. The third-order valence-electron chi connectivity index (χ3n) is 2.98. The average Bonchev–Trinajstić information content (AvgIpc) is 2.98. The highest BCUT2D eigenvalue weighted by atomic mass is 32.1. The summed E-state index contributed by atoms with van der Waals surface area (Å²) in [6.45, 7) is 2.90. The van der Waals surface area contributed by atoms with Crippen molar-refractivity contribution in [3.05, 3.63) is 39.5 Å². The van der Waals surface area contributed by atoms with E-state index in [1.165, 1.54) is 5.56 Å². The molecule has 0 aliphatic rings. The monoisotopic (exact) mass is 289 g/mol. The molecule has 0 amide bonds. The maximum absolute atomic E-state index is 6.07. The molecule has 0 saturated heterocycles. The van der Waals surface area contributed by atoms with E-state index in [0.29, 0.717) is 0 Å². The van der Waals surface area contributed by atoms with E-state index in [2.05, 4.69) is 27.1 Å². The summed E-state index contributed by atoms with van der Waals surface area (Å²) >= 11 is 3.41. The van der Waals surface area contributed by atoms with Crippen LogP contribution in [-0.4, -0.2) is 11.5 Å². The zero-order valence-corrected chi connectivity index (χ0v) is 12.3. The molecule has 1 aromatic carbocycles. The first-order valence-electron chi connectivity index (χ1n) is 6.14. The number of fused-ring (bicyclic) bond motifs is 1. The molecule has 0 bridgehead atoms. The van der Waals surface area contributed by atoms with Gasteiger partial charge in [0, 0.05) is 6.54 Å². The van der Waals surface area contributed by atoms with Crippen molar-refractivity contribution < 1.29 is 0 Å². The van der Waals surface area contributed by atoms with Gasteiger partial charge in [0.1, 0.15) is 0 Å². The van der Waals surface area contributed by atoms with Crippen molar-refractivity contribution in [1.82, 2.24) is 4.98 Å². The molecule has 19 heavy (non-hydrogen) atoms. The molecular weight excluding hydrogens is 274 g/mol. The highest BCUT2D eigenvalue weighted by Gasteiger charge is 2.06. The number of anilines is 2. The Kier molecular flexibility index (Phi) is 3.40. The van der Waals surface area contributed by atoms with Crippen LogP contribution in [0.4, 0.5) is 11.4 Å². The number of nitrogens with two attached hydrogens (primary N) is 1. The quantitative estimate of drug-likeness (QED) is 0.716. The fourth-order valence-corrected chi connectivity index (χ4v) is 3.59. The third kappa shape index (κ3) is 2.72. The van der Waals surface area contributed by atoms with E-state index in [4.69, 9.17) is 5.73 Å². The summed E-state index contributed by atoms with van der Waals surface area (Å²) in [4.78, 5) is 4.50. The van der Waals surface area contributed by atoms with Crippen LogP contribution in [0.1, 0.15) is 10.6 Å². The molecule has 0 aliphatic heterocycles. The SMILES string of the molecule is Cc1nc2cc(NCCc3ccsc3)c(N)cc2s1. The van der Waals surface area contributed by atoms with Crippen molar-refractivity contribution in [3.8, 4) is 0 Å². The maximum Gasteiger partial charge on any atom is 0.0907 e. The van der Waals surface area contributed by atoms with E-state index in [1.807, 2.05) is 19.1 Å². The summed E-state index contributed by atoms with van der Waals surface area (Å²) in [6, 6.07) is 6.21. The number of nitrogens with zero attached hydrogens (tertiary/aromatic N) is 1. The molecule has 2 heterocycles. The average molecular weight is 289 g/mol. The largest absolute Gasteiger partial charge is 0.397 e. The minimum atomic E-state index is 0.793. The van der Waals surface area contributed by atoms with Crippen LogP contribution in [0.2, 0.25) is 0 Å². The van der Waals surface area contributed by atoms with E-state index < -0.39 is 0 Å². The second-order valence-corrected chi connectivity index (χ2v) is 6.46. The van der Waals surface area contributed by atoms with Gasteiger partial charge in [0.2, 0.25) is 0 Å². The molecule has 5 heteroatoms.